The summed E-state index contributed by atoms with van der Waals surface area (Å²) >= 11 is 3.29. The Labute approximate surface area is 112 Å². The van der Waals surface area contributed by atoms with Gasteiger partial charge in [0.2, 0.25) is 0 Å². The molecule has 0 spiro atoms. The highest BCUT2D eigenvalue weighted by Gasteiger charge is 2.11. The van der Waals surface area contributed by atoms with Crippen LogP contribution >= 0.6 is 15.9 Å². The van der Waals surface area contributed by atoms with Crippen molar-refractivity contribution in [2.75, 3.05) is 0 Å². The van der Waals surface area contributed by atoms with E-state index in [9.17, 15) is 9.18 Å². The number of benzene rings is 1. The summed E-state index contributed by atoms with van der Waals surface area (Å²) in [5.74, 6) is 0.0193. The molecule has 2 rings (SSSR count). The molecular weight excluding hydrogens is 299 g/mol. The molecule has 0 amide bonds. The predicted molar refractivity (Wildman–Crippen MR) is 68.9 cm³/mol. The molecule has 0 N–H and O–H groups in total. The predicted octanol–water partition coefficient (Wildman–Crippen LogP) is 3.11. The summed E-state index contributed by atoms with van der Waals surface area (Å²) in [6.45, 7) is 1.72. The maximum atomic E-state index is 13.1. The minimum Gasteiger partial charge on any atom is -0.292 e. The van der Waals surface area contributed by atoms with Crippen LogP contribution in [0.15, 0.2) is 34.9 Å². The van der Waals surface area contributed by atoms with Crippen molar-refractivity contribution in [2.24, 2.45) is 0 Å². The van der Waals surface area contributed by atoms with Crippen LogP contribution in [0.3, 0.4) is 0 Å². The van der Waals surface area contributed by atoms with Crippen LogP contribution in [0.2, 0.25) is 0 Å². The SMILES string of the molecule is Cc1nccc(C(=O)Cc2cc(F)ccc2Br)n1. The van der Waals surface area contributed by atoms with Crippen molar-refractivity contribution in [3.63, 3.8) is 0 Å². The largest absolute Gasteiger partial charge is 0.292 e. The molecule has 0 unspecified atom stereocenters. The summed E-state index contributed by atoms with van der Waals surface area (Å²) in [6, 6.07) is 5.83. The lowest BCUT2D eigenvalue weighted by atomic mass is 10.1. The van der Waals surface area contributed by atoms with Crippen molar-refractivity contribution < 1.29 is 9.18 Å². The number of hydrogen-bond donors (Lipinski definition) is 0. The van der Waals surface area contributed by atoms with Gasteiger partial charge in [-0.25, -0.2) is 14.4 Å². The van der Waals surface area contributed by atoms with Crippen LogP contribution in [-0.2, 0) is 6.42 Å². The number of Topliss-reactive ketones (excluding diaryl/α,β-unsaturated/α-hetero) is 1. The van der Waals surface area contributed by atoms with Gasteiger partial charge in [0.25, 0.3) is 0 Å². The molecule has 0 aliphatic carbocycles. The fourth-order valence-corrected chi connectivity index (χ4v) is 1.94. The summed E-state index contributed by atoms with van der Waals surface area (Å²) in [4.78, 5) is 20.0. The maximum absolute atomic E-state index is 13.1. The second-order valence-electron chi connectivity index (χ2n) is 3.82. The fourth-order valence-electron chi connectivity index (χ4n) is 1.55. The van der Waals surface area contributed by atoms with Gasteiger partial charge < -0.3 is 0 Å². The van der Waals surface area contributed by atoms with Crippen LogP contribution in [0.25, 0.3) is 0 Å². The van der Waals surface area contributed by atoms with Gasteiger partial charge in [0.05, 0.1) is 0 Å². The van der Waals surface area contributed by atoms with E-state index < -0.39 is 0 Å². The molecule has 18 heavy (non-hydrogen) atoms. The minimum atomic E-state index is -0.361. The Bertz CT molecular complexity index is 601. The zero-order valence-corrected chi connectivity index (χ0v) is 11.2. The first-order valence-corrected chi connectivity index (χ1v) is 6.12. The zero-order valence-electron chi connectivity index (χ0n) is 9.65. The number of aryl methyl sites for hydroxylation is 1. The lowest BCUT2D eigenvalue weighted by Crippen LogP contribution is -2.08. The molecule has 0 saturated carbocycles. The van der Waals surface area contributed by atoms with Gasteiger partial charge in [-0.3, -0.25) is 4.79 Å². The number of carbonyl (C=O) groups is 1. The molecule has 0 radical (unpaired) electrons. The molecule has 5 heteroatoms. The molecule has 0 atom stereocenters. The Balaban J connectivity index is 2.24. The molecule has 3 nitrogen and oxygen atoms in total. The monoisotopic (exact) mass is 308 g/mol. The summed E-state index contributed by atoms with van der Waals surface area (Å²) in [5, 5.41) is 0. The normalized spacial score (nSPS) is 10.4. The Kier molecular flexibility index (Phi) is 3.81. The van der Waals surface area contributed by atoms with Crippen molar-refractivity contribution in [1.29, 1.82) is 0 Å². The molecule has 0 fully saturated rings. The molecular formula is C13H10BrFN2O. The average Bonchev–Trinajstić information content (AvgIpc) is 2.34. The smallest absolute Gasteiger partial charge is 0.185 e. The van der Waals surface area contributed by atoms with Crippen molar-refractivity contribution in [3.8, 4) is 0 Å². The van der Waals surface area contributed by atoms with E-state index in [2.05, 4.69) is 25.9 Å². The number of carbonyl (C=O) groups excluding carboxylic acids is 1. The van der Waals surface area contributed by atoms with E-state index in [0.29, 0.717) is 21.6 Å². The Hall–Kier alpha value is -1.62. The molecule has 1 aromatic heterocycles. The van der Waals surface area contributed by atoms with Crippen LogP contribution in [0.5, 0.6) is 0 Å². The molecule has 92 valence electrons. The van der Waals surface area contributed by atoms with Crippen LogP contribution in [0.1, 0.15) is 21.9 Å². The van der Waals surface area contributed by atoms with Crippen LogP contribution in [0, 0.1) is 12.7 Å². The van der Waals surface area contributed by atoms with Gasteiger partial charge in [-0.2, -0.15) is 0 Å². The van der Waals surface area contributed by atoms with E-state index >= 15 is 0 Å². The van der Waals surface area contributed by atoms with Crippen LogP contribution in [-0.4, -0.2) is 15.8 Å². The third-order valence-corrected chi connectivity index (χ3v) is 3.19. The first-order chi connectivity index (χ1) is 8.56. The molecule has 0 saturated heterocycles. The van der Waals surface area contributed by atoms with Gasteiger partial charge in [-0.05, 0) is 36.8 Å². The minimum absolute atomic E-state index is 0.106. The van der Waals surface area contributed by atoms with E-state index in [-0.39, 0.29) is 18.0 Å². The average molecular weight is 309 g/mol. The quantitative estimate of drug-likeness (QED) is 0.818. The lowest BCUT2D eigenvalue weighted by molar-refractivity contribution is 0.0987. The Morgan fingerprint density at radius 3 is 2.89 bits per heavy atom. The van der Waals surface area contributed by atoms with Crippen LogP contribution < -0.4 is 0 Å². The second kappa shape index (κ2) is 5.35. The van der Waals surface area contributed by atoms with E-state index in [0.717, 1.165) is 0 Å². The summed E-state index contributed by atoms with van der Waals surface area (Å²) in [5.41, 5.74) is 0.954. The van der Waals surface area contributed by atoms with Crippen molar-refractivity contribution in [1.82, 2.24) is 9.97 Å². The third-order valence-electron chi connectivity index (χ3n) is 2.42. The first kappa shape index (κ1) is 12.8. The second-order valence-corrected chi connectivity index (χ2v) is 4.68. The molecule has 2 aromatic rings. The summed E-state index contributed by atoms with van der Waals surface area (Å²) in [6.07, 6.45) is 1.64. The van der Waals surface area contributed by atoms with Gasteiger partial charge in [-0.15, -0.1) is 0 Å². The number of hydrogen-bond acceptors (Lipinski definition) is 3. The number of rotatable bonds is 3. The highest BCUT2D eigenvalue weighted by Crippen LogP contribution is 2.19. The van der Waals surface area contributed by atoms with Crippen molar-refractivity contribution in [2.45, 2.75) is 13.3 Å². The van der Waals surface area contributed by atoms with Gasteiger partial charge in [0.15, 0.2) is 5.78 Å². The fraction of sp³-hybridized carbons (Fsp3) is 0.154. The van der Waals surface area contributed by atoms with E-state index in [1.54, 1.807) is 19.1 Å². The highest BCUT2D eigenvalue weighted by atomic mass is 79.9. The molecule has 0 aliphatic heterocycles. The summed E-state index contributed by atoms with van der Waals surface area (Å²) in [7, 11) is 0. The van der Waals surface area contributed by atoms with Gasteiger partial charge in [-0.1, -0.05) is 15.9 Å². The van der Waals surface area contributed by atoms with Crippen molar-refractivity contribution in [3.05, 3.63) is 57.8 Å². The van der Waals surface area contributed by atoms with Gasteiger partial charge >= 0.3 is 0 Å². The topological polar surface area (TPSA) is 42.9 Å². The van der Waals surface area contributed by atoms with E-state index in [1.165, 1.54) is 18.3 Å². The van der Waals surface area contributed by atoms with E-state index in [1.807, 2.05) is 0 Å². The Morgan fingerprint density at radius 1 is 1.39 bits per heavy atom. The Morgan fingerprint density at radius 2 is 2.17 bits per heavy atom. The lowest BCUT2D eigenvalue weighted by Gasteiger charge is -2.04. The number of nitrogens with zero attached hydrogens (tertiary/aromatic N) is 2. The molecule has 0 bridgehead atoms. The molecule has 1 aromatic carbocycles. The van der Waals surface area contributed by atoms with Crippen LogP contribution in [0.4, 0.5) is 4.39 Å². The molecule has 1 heterocycles. The number of halogens is 2. The number of aromatic nitrogens is 2. The van der Waals surface area contributed by atoms with Gasteiger partial charge in [0, 0.05) is 17.1 Å². The highest BCUT2D eigenvalue weighted by molar-refractivity contribution is 9.10. The van der Waals surface area contributed by atoms with Gasteiger partial charge in [0.1, 0.15) is 17.3 Å². The third kappa shape index (κ3) is 2.98. The molecule has 0 aliphatic rings. The zero-order chi connectivity index (χ0) is 13.1. The van der Waals surface area contributed by atoms with E-state index in [4.69, 9.17) is 0 Å². The standard InChI is InChI=1S/C13H10BrFN2O/c1-8-16-5-4-12(17-8)13(18)7-9-6-10(15)2-3-11(9)14/h2-6H,7H2,1H3. The summed E-state index contributed by atoms with van der Waals surface area (Å²) < 4.78 is 13.8. The number of ketones is 1. The first-order valence-electron chi connectivity index (χ1n) is 5.33. The maximum Gasteiger partial charge on any atom is 0.185 e. The van der Waals surface area contributed by atoms with Crippen molar-refractivity contribution >= 4 is 21.7 Å².